The molecule has 3 atom stereocenters. The summed E-state index contributed by atoms with van der Waals surface area (Å²) in [5.74, 6) is -0.800. The molecule has 1 fully saturated rings. The maximum atomic E-state index is 12.8. The van der Waals surface area contributed by atoms with Crippen LogP contribution in [-0.4, -0.2) is 53.1 Å². The molecule has 0 aliphatic carbocycles. The van der Waals surface area contributed by atoms with Gasteiger partial charge in [0.25, 0.3) is 11.6 Å². The van der Waals surface area contributed by atoms with Gasteiger partial charge in [0.15, 0.2) is 17.6 Å². The monoisotopic (exact) mass is 392 g/mol. The summed E-state index contributed by atoms with van der Waals surface area (Å²) in [4.78, 5) is 37.9. The van der Waals surface area contributed by atoms with Gasteiger partial charge in [0.1, 0.15) is 18.8 Å². The van der Waals surface area contributed by atoms with Gasteiger partial charge >= 0.3 is 5.97 Å². The van der Waals surface area contributed by atoms with Crippen LogP contribution in [0.5, 0.6) is 11.5 Å². The minimum atomic E-state index is -1.05. The van der Waals surface area contributed by atoms with Gasteiger partial charge in [-0.1, -0.05) is 0 Å². The number of nitro benzene ring substituents is 1. The topological polar surface area (TPSA) is 108 Å². The number of hydrogen-bond donors (Lipinski definition) is 0. The van der Waals surface area contributed by atoms with Crippen LogP contribution in [0.25, 0.3) is 0 Å². The summed E-state index contributed by atoms with van der Waals surface area (Å²) in [6.07, 6.45) is 1.78. The van der Waals surface area contributed by atoms with Crippen LogP contribution in [0.4, 0.5) is 5.69 Å². The highest BCUT2D eigenvalue weighted by atomic mass is 16.6. The zero-order valence-electron chi connectivity index (χ0n) is 16.2. The van der Waals surface area contributed by atoms with Gasteiger partial charge in [-0.2, -0.15) is 0 Å². The van der Waals surface area contributed by atoms with Crippen LogP contribution in [0.1, 0.15) is 50.4 Å². The molecule has 0 saturated carbocycles. The predicted molar refractivity (Wildman–Crippen MR) is 98.6 cm³/mol. The predicted octanol–water partition coefficient (Wildman–Crippen LogP) is 2.70. The Balaban J connectivity index is 1.80. The van der Waals surface area contributed by atoms with E-state index in [1.54, 1.807) is 4.90 Å². The maximum absolute atomic E-state index is 12.8. The molecular weight excluding hydrogens is 368 g/mol. The summed E-state index contributed by atoms with van der Waals surface area (Å²) >= 11 is 0. The highest BCUT2D eigenvalue weighted by molar-refractivity contribution is 5.96. The van der Waals surface area contributed by atoms with Gasteiger partial charge in [-0.15, -0.1) is 0 Å². The molecule has 9 heteroatoms. The fourth-order valence-electron chi connectivity index (χ4n) is 3.73. The molecule has 1 aromatic carbocycles. The lowest BCUT2D eigenvalue weighted by molar-refractivity contribution is -0.385. The summed E-state index contributed by atoms with van der Waals surface area (Å²) in [5.41, 5.74) is -0.720. The number of rotatable bonds is 4. The van der Waals surface area contributed by atoms with E-state index < -0.39 is 22.7 Å². The third kappa shape index (κ3) is 3.88. The summed E-state index contributed by atoms with van der Waals surface area (Å²) < 4.78 is 16.0. The number of ether oxygens (including phenoxy) is 3. The Morgan fingerprint density at radius 1 is 1.18 bits per heavy atom. The van der Waals surface area contributed by atoms with Crippen LogP contribution in [0.15, 0.2) is 12.1 Å². The number of carbonyl (C=O) groups excluding carboxylic acids is 2. The van der Waals surface area contributed by atoms with E-state index in [2.05, 4.69) is 0 Å². The van der Waals surface area contributed by atoms with Crippen molar-refractivity contribution in [3.05, 3.63) is 27.8 Å². The first kappa shape index (κ1) is 19.9. The van der Waals surface area contributed by atoms with Crippen molar-refractivity contribution >= 4 is 17.6 Å². The van der Waals surface area contributed by atoms with Crippen molar-refractivity contribution in [1.29, 1.82) is 0 Å². The molecule has 28 heavy (non-hydrogen) atoms. The lowest BCUT2D eigenvalue weighted by Gasteiger charge is -2.40. The molecule has 0 spiro atoms. The zero-order valence-corrected chi connectivity index (χ0v) is 16.2. The Morgan fingerprint density at radius 2 is 1.75 bits per heavy atom. The number of esters is 1. The Morgan fingerprint density at radius 3 is 2.32 bits per heavy atom. The van der Waals surface area contributed by atoms with Crippen molar-refractivity contribution in [1.82, 2.24) is 4.90 Å². The van der Waals surface area contributed by atoms with Crippen LogP contribution < -0.4 is 9.47 Å². The molecule has 1 aromatic rings. The molecule has 0 bridgehead atoms. The van der Waals surface area contributed by atoms with Gasteiger partial charge in [-0.05, 0) is 40.0 Å². The molecule has 1 amide bonds. The van der Waals surface area contributed by atoms with Crippen molar-refractivity contribution in [3.63, 3.8) is 0 Å². The first-order chi connectivity index (χ1) is 13.3. The second-order valence-corrected chi connectivity index (χ2v) is 7.19. The number of likely N-dealkylation sites (tertiary alicyclic amines) is 1. The lowest BCUT2D eigenvalue weighted by atomic mass is 9.97. The molecule has 9 nitrogen and oxygen atoms in total. The minimum absolute atomic E-state index is 0.0565. The fraction of sp³-hybridized carbons (Fsp3) is 0.579. The molecule has 0 unspecified atom stereocenters. The Kier molecular flexibility index (Phi) is 5.71. The number of benzene rings is 1. The van der Waals surface area contributed by atoms with E-state index in [0.29, 0.717) is 0 Å². The number of nitrogens with zero attached hydrogens (tertiary/aromatic N) is 2. The SMILES string of the molecule is C[C@@H]1CCC[C@@H](C)N1C(=O)[C@@H](C)OC(=O)c1cc2c(cc1[N+](=O)[O-])OCCO2. The third-order valence-corrected chi connectivity index (χ3v) is 5.16. The molecule has 2 aliphatic heterocycles. The number of carbonyl (C=O) groups is 2. The maximum Gasteiger partial charge on any atom is 0.346 e. The molecule has 1 saturated heterocycles. The molecule has 0 N–H and O–H groups in total. The number of amides is 1. The number of fused-ring (bicyclic) bond motifs is 1. The Labute approximate surface area is 162 Å². The van der Waals surface area contributed by atoms with Gasteiger partial charge in [0, 0.05) is 18.2 Å². The van der Waals surface area contributed by atoms with E-state index in [9.17, 15) is 19.7 Å². The fourth-order valence-corrected chi connectivity index (χ4v) is 3.73. The van der Waals surface area contributed by atoms with Gasteiger partial charge in [0.05, 0.1) is 11.0 Å². The van der Waals surface area contributed by atoms with E-state index in [1.165, 1.54) is 13.0 Å². The normalized spacial score (nSPS) is 22.3. The molecule has 3 rings (SSSR count). The molecule has 2 aliphatic rings. The lowest BCUT2D eigenvalue weighted by Crippen LogP contribution is -2.51. The van der Waals surface area contributed by atoms with Crippen molar-refractivity contribution in [3.8, 4) is 11.5 Å². The van der Waals surface area contributed by atoms with Crippen molar-refractivity contribution in [2.24, 2.45) is 0 Å². The second-order valence-electron chi connectivity index (χ2n) is 7.19. The van der Waals surface area contributed by atoms with E-state index in [4.69, 9.17) is 14.2 Å². The highest BCUT2D eigenvalue weighted by Gasteiger charge is 2.35. The smallest absolute Gasteiger partial charge is 0.346 e. The molecular formula is C19H24N2O7. The number of nitro groups is 1. The summed E-state index contributed by atoms with van der Waals surface area (Å²) in [5, 5.41) is 11.4. The number of piperidine rings is 1. The standard InChI is InChI=1S/C19H24N2O7/c1-11-5-4-6-12(2)20(11)18(22)13(3)28-19(23)14-9-16-17(27-8-7-26-16)10-15(14)21(24)25/h9-13H,4-8H2,1-3H3/t11-,12-,13-/m1/s1. The molecule has 2 heterocycles. The van der Waals surface area contributed by atoms with Crippen LogP contribution in [0.3, 0.4) is 0 Å². The van der Waals surface area contributed by atoms with Crippen molar-refractivity contribution in [2.45, 2.75) is 58.2 Å². The zero-order chi connectivity index (χ0) is 20.4. The van der Waals surface area contributed by atoms with Gasteiger partial charge in [-0.25, -0.2) is 4.79 Å². The van der Waals surface area contributed by atoms with Crippen LogP contribution in [0.2, 0.25) is 0 Å². The van der Waals surface area contributed by atoms with E-state index in [-0.39, 0.29) is 48.3 Å². The van der Waals surface area contributed by atoms with Crippen LogP contribution in [0, 0.1) is 10.1 Å². The largest absolute Gasteiger partial charge is 0.486 e. The van der Waals surface area contributed by atoms with Crippen molar-refractivity contribution < 1.29 is 28.7 Å². The first-order valence-electron chi connectivity index (χ1n) is 9.40. The van der Waals surface area contributed by atoms with Crippen molar-refractivity contribution in [2.75, 3.05) is 13.2 Å². The summed E-state index contributed by atoms with van der Waals surface area (Å²) in [6.45, 7) is 5.96. The molecule has 0 radical (unpaired) electrons. The average molecular weight is 392 g/mol. The van der Waals surface area contributed by atoms with E-state index in [0.717, 1.165) is 25.3 Å². The van der Waals surface area contributed by atoms with Gasteiger partial charge in [-0.3, -0.25) is 14.9 Å². The molecule has 152 valence electrons. The van der Waals surface area contributed by atoms with Gasteiger partial charge < -0.3 is 19.1 Å². The highest BCUT2D eigenvalue weighted by Crippen LogP contribution is 2.37. The third-order valence-electron chi connectivity index (χ3n) is 5.16. The Bertz CT molecular complexity index is 785. The number of hydrogen-bond acceptors (Lipinski definition) is 7. The Hall–Kier alpha value is -2.84. The summed E-state index contributed by atoms with van der Waals surface area (Å²) in [6, 6.07) is 2.49. The van der Waals surface area contributed by atoms with Crippen LogP contribution in [-0.2, 0) is 9.53 Å². The first-order valence-corrected chi connectivity index (χ1v) is 9.40. The second kappa shape index (κ2) is 8.04. The minimum Gasteiger partial charge on any atom is -0.486 e. The summed E-state index contributed by atoms with van der Waals surface area (Å²) in [7, 11) is 0. The quantitative estimate of drug-likeness (QED) is 0.440. The van der Waals surface area contributed by atoms with E-state index >= 15 is 0 Å². The molecule has 0 aromatic heterocycles. The van der Waals surface area contributed by atoms with Gasteiger partial charge in [0.2, 0.25) is 0 Å². The average Bonchev–Trinajstić information content (AvgIpc) is 2.66. The van der Waals surface area contributed by atoms with Crippen LogP contribution >= 0.6 is 0 Å². The van der Waals surface area contributed by atoms with E-state index in [1.807, 2.05) is 13.8 Å².